The van der Waals surface area contributed by atoms with E-state index in [1.54, 1.807) is 37.3 Å². The van der Waals surface area contributed by atoms with Gasteiger partial charge in [-0.1, -0.05) is 30.3 Å². The molecule has 2 aliphatic heterocycles. The number of nitrogens with one attached hydrogen (secondary N) is 1. The molecule has 1 fully saturated rings. The molecule has 1 unspecified atom stereocenters. The molecule has 0 aromatic heterocycles. The molecule has 7 nitrogen and oxygen atoms in total. The molecule has 0 bridgehead atoms. The number of hydrogen-bond donors (Lipinski definition) is 1. The third-order valence-corrected chi connectivity index (χ3v) is 5.00. The molecule has 0 aliphatic carbocycles. The van der Waals surface area contributed by atoms with Crippen LogP contribution >= 0.6 is 24.6 Å². The summed E-state index contributed by atoms with van der Waals surface area (Å²) in [4.78, 5) is 39.3. The molecular weight excluding hydrogens is 443 g/mol. The number of rotatable bonds is 3. The molecule has 10 heteroatoms. The zero-order valence-electron chi connectivity index (χ0n) is 16.1. The summed E-state index contributed by atoms with van der Waals surface area (Å²) in [6.07, 6.45) is 1.25. The maximum Gasteiger partial charge on any atom is 0.270 e. The minimum absolute atomic E-state index is 0. The molecule has 31 heavy (non-hydrogen) atoms. The van der Waals surface area contributed by atoms with E-state index in [-0.39, 0.29) is 28.8 Å². The summed E-state index contributed by atoms with van der Waals surface area (Å²) in [7, 11) is 0. The van der Waals surface area contributed by atoms with Crippen molar-refractivity contribution in [1.29, 1.82) is 0 Å². The van der Waals surface area contributed by atoms with Crippen LogP contribution in [-0.2, 0) is 14.4 Å². The first kappa shape index (κ1) is 22.3. The van der Waals surface area contributed by atoms with Crippen LogP contribution < -0.4 is 15.2 Å². The number of carbonyl (C=O) groups excluding carboxylic acids is 3. The third-order valence-electron chi connectivity index (χ3n) is 4.71. The maximum atomic E-state index is 14.2. The highest BCUT2D eigenvalue weighted by atomic mass is 35.5. The largest absolute Gasteiger partial charge is 0.298 e. The lowest BCUT2D eigenvalue weighted by Gasteiger charge is -2.29. The lowest BCUT2D eigenvalue weighted by atomic mass is 9.98. The van der Waals surface area contributed by atoms with Crippen molar-refractivity contribution in [3.05, 3.63) is 72.1 Å². The average Bonchev–Trinajstić information content (AvgIpc) is 3.01. The Morgan fingerprint density at radius 2 is 1.71 bits per heavy atom. The Balaban J connectivity index is 0.00000272. The van der Waals surface area contributed by atoms with Crippen molar-refractivity contribution in [2.45, 2.75) is 6.92 Å². The van der Waals surface area contributed by atoms with E-state index < -0.39 is 29.5 Å². The normalized spacial score (nSPS) is 20.0. The number of amides is 3. The fourth-order valence-corrected chi connectivity index (χ4v) is 3.50. The molecule has 0 spiro atoms. The quantitative estimate of drug-likeness (QED) is 0.435. The molecule has 2 heterocycles. The van der Waals surface area contributed by atoms with Crippen LogP contribution in [0.3, 0.4) is 0 Å². The zero-order valence-corrected chi connectivity index (χ0v) is 17.7. The highest BCUT2D eigenvalue weighted by Gasteiger charge is 2.39. The van der Waals surface area contributed by atoms with Crippen LogP contribution in [0, 0.1) is 11.7 Å². The minimum Gasteiger partial charge on any atom is -0.298 e. The molecule has 2 aromatic carbocycles. The summed E-state index contributed by atoms with van der Waals surface area (Å²) in [5, 5.41) is 7.63. The smallest absolute Gasteiger partial charge is 0.270 e. The fraction of sp³-hybridized carbons (Fsp3) is 0.0952. The topological polar surface area (TPSA) is 82.1 Å². The SMILES string of the molecule is CC1=NN(c2ccccc2)C(=O)C1/C=C1/C(=O)NC(=S)N(c2ccccc2F)C1=O.Cl. The first-order chi connectivity index (χ1) is 14.4. The average molecular weight is 459 g/mol. The number of halogens is 2. The number of hydrazone groups is 1. The predicted octanol–water partition coefficient (Wildman–Crippen LogP) is 2.96. The van der Waals surface area contributed by atoms with E-state index in [1.807, 2.05) is 6.07 Å². The van der Waals surface area contributed by atoms with Crippen molar-refractivity contribution in [2.75, 3.05) is 9.91 Å². The summed E-state index contributed by atoms with van der Waals surface area (Å²) >= 11 is 5.07. The molecule has 4 rings (SSSR count). The number of hydrogen-bond acceptors (Lipinski definition) is 5. The number of para-hydroxylation sites is 2. The number of nitrogens with zero attached hydrogens (tertiary/aromatic N) is 3. The van der Waals surface area contributed by atoms with Crippen LogP contribution in [-0.4, -0.2) is 28.5 Å². The minimum atomic E-state index is -0.913. The summed E-state index contributed by atoms with van der Waals surface area (Å²) in [6, 6.07) is 14.4. The highest BCUT2D eigenvalue weighted by Crippen LogP contribution is 2.28. The number of carbonyl (C=O) groups is 3. The van der Waals surface area contributed by atoms with Gasteiger partial charge in [0.2, 0.25) is 0 Å². The second-order valence-electron chi connectivity index (χ2n) is 6.64. The first-order valence-corrected chi connectivity index (χ1v) is 9.39. The highest BCUT2D eigenvalue weighted by molar-refractivity contribution is 7.80. The van der Waals surface area contributed by atoms with E-state index in [0.29, 0.717) is 11.4 Å². The van der Waals surface area contributed by atoms with Gasteiger partial charge in [0, 0.05) is 0 Å². The lowest BCUT2D eigenvalue weighted by molar-refractivity contribution is -0.122. The number of thiocarbonyl (C=S) groups is 1. The van der Waals surface area contributed by atoms with E-state index in [4.69, 9.17) is 12.2 Å². The van der Waals surface area contributed by atoms with Gasteiger partial charge in [-0.15, -0.1) is 12.4 Å². The summed E-state index contributed by atoms with van der Waals surface area (Å²) < 4.78 is 14.2. The molecule has 1 saturated heterocycles. The van der Waals surface area contributed by atoms with Crippen LogP contribution in [0.2, 0.25) is 0 Å². The van der Waals surface area contributed by atoms with Crippen LogP contribution in [0.1, 0.15) is 6.92 Å². The Morgan fingerprint density at radius 1 is 1.06 bits per heavy atom. The van der Waals surface area contributed by atoms with Crippen LogP contribution in [0.5, 0.6) is 0 Å². The van der Waals surface area contributed by atoms with Gasteiger partial charge in [-0.2, -0.15) is 10.1 Å². The summed E-state index contributed by atoms with van der Waals surface area (Å²) in [5.74, 6) is -3.56. The van der Waals surface area contributed by atoms with Crippen molar-refractivity contribution >= 4 is 64.5 Å². The van der Waals surface area contributed by atoms with Crippen molar-refractivity contribution in [3.8, 4) is 0 Å². The monoisotopic (exact) mass is 458 g/mol. The van der Waals surface area contributed by atoms with Crippen molar-refractivity contribution in [1.82, 2.24) is 5.32 Å². The Kier molecular flexibility index (Phi) is 6.28. The van der Waals surface area contributed by atoms with Gasteiger partial charge in [-0.3, -0.25) is 19.7 Å². The van der Waals surface area contributed by atoms with Gasteiger partial charge in [0.05, 0.1) is 23.0 Å². The van der Waals surface area contributed by atoms with Gasteiger partial charge in [0.15, 0.2) is 5.11 Å². The number of benzene rings is 2. The van der Waals surface area contributed by atoms with E-state index in [1.165, 1.54) is 29.3 Å². The van der Waals surface area contributed by atoms with Gasteiger partial charge in [0.25, 0.3) is 17.7 Å². The lowest BCUT2D eigenvalue weighted by Crippen LogP contribution is -2.54. The van der Waals surface area contributed by atoms with E-state index >= 15 is 0 Å². The molecule has 0 saturated carbocycles. The second-order valence-corrected chi connectivity index (χ2v) is 7.02. The molecule has 2 aliphatic rings. The number of anilines is 2. The van der Waals surface area contributed by atoms with Gasteiger partial charge in [-0.25, -0.2) is 9.29 Å². The summed E-state index contributed by atoms with van der Waals surface area (Å²) in [6.45, 7) is 1.63. The fourth-order valence-electron chi connectivity index (χ4n) is 3.22. The molecule has 3 amide bonds. The van der Waals surface area contributed by atoms with Crippen LogP contribution in [0.15, 0.2) is 71.3 Å². The second kappa shape index (κ2) is 8.75. The standard InChI is InChI=1S/C21H15FN4O3S.ClH/c1-12-14(20(29)26(24-12)13-7-3-2-4-8-13)11-15-18(27)23-21(30)25(19(15)28)17-10-6-5-9-16(17)22;/h2-11,14H,1H3,(H,23,27,30);1H/b15-11-;. The molecular formula is C21H16ClFN4O3S. The van der Waals surface area contributed by atoms with Crippen molar-refractivity contribution in [2.24, 2.45) is 11.0 Å². The van der Waals surface area contributed by atoms with Gasteiger partial charge in [-0.05, 0) is 49.5 Å². The van der Waals surface area contributed by atoms with Gasteiger partial charge >= 0.3 is 0 Å². The van der Waals surface area contributed by atoms with E-state index in [2.05, 4.69) is 10.4 Å². The molecule has 1 N–H and O–H groups in total. The third kappa shape index (κ3) is 3.97. The van der Waals surface area contributed by atoms with Crippen molar-refractivity contribution in [3.63, 3.8) is 0 Å². The predicted molar refractivity (Wildman–Crippen MR) is 120 cm³/mol. The maximum absolute atomic E-state index is 14.2. The van der Waals surface area contributed by atoms with Gasteiger partial charge < -0.3 is 0 Å². The Labute approximate surface area is 188 Å². The molecule has 0 radical (unpaired) electrons. The van der Waals surface area contributed by atoms with E-state index in [0.717, 1.165) is 4.90 Å². The molecule has 2 aromatic rings. The summed E-state index contributed by atoms with van der Waals surface area (Å²) in [5.41, 5.74) is 0.584. The molecule has 1 atom stereocenters. The first-order valence-electron chi connectivity index (χ1n) is 8.98. The Bertz CT molecular complexity index is 1150. The Hall–Kier alpha value is -3.43. The van der Waals surface area contributed by atoms with Crippen LogP contribution in [0.4, 0.5) is 15.8 Å². The van der Waals surface area contributed by atoms with Gasteiger partial charge in [0.1, 0.15) is 11.4 Å². The van der Waals surface area contributed by atoms with Crippen molar-refractivity contribution < 1.29 is 18.8 Å². The van der Waals surface area contributed by atoms with E-state index in [9.17, 15) is 18.8 Å². The Morgan fingerprint density at radius 3 is 2.39 bits per heavy atom. The zero-order chi connectivity index (χ0) is 21.4. The molecule has 158 valence electrons. The van der Waals surface area contributed by atoms with Crippen LogP contribution in [0.25, 0.3) is 0 Å².